The summed E-state index contributed by atoms with van der Waals surface area (Å²) in [5.41, 5.74) is 5.58. The van der Waals surface area contributed by atoms with Crippen molar-refractivity contribution in [3.63, 3.8) is 0 Å². The summed E-state index contributed by atoms with van der Waals surface area (Å²) in [5.74, 6) is -0.273. The molecule has 0 aromatic carbocycles. The summed E-state index contributed by atoms with van der Waals surface area (Å²) in [6, 6.07) is 1.67. The lowest BCUT2D eigenvalue weighted by Gasteiger charge is -2.18. The molecule has 0 unspecified atom stereocenters. The Labute approximate surface area is 83.0 Å². The van der Waals surface area contributed by atoms with Crippen LogP contribution in [0.25, 0.3) is 0 Å². The van der Waals surface area contributed by atoms with Crippen molar-refractivity contribution in [2.75, 3.05) is 0 Å². The Morgan fingerprint density at radius 3 is 2.71 bits per heavy atom. The summed E-state index contributed by atoms with van der Waals surface area (Å²) >= 11 is 0. The molecular formula is C10H15NO3. The van der Waals surface area contributed by atoms with Gasteiger partial charge in [0.25, 0.3) is 0 Å². The monoisotopic (exact) mass is 197 g/mol. The second-order valence-corrected chi connectivity index (χ2v) is 3.98. The molecule has 0 spiro atoms. The largest absolute Gasteiger partial charge is 0.457 e. The fraction of sp³-hybridized carbons (Fsp3) is 0.500. The molecule has 2 N–H and O–H groups in total. The van der Waals surface area contributed by atoms with E-state index in [1.807, 2.05) is 0 Å². The van der Waals surface area contributed by atoms with Gasteiger partial charge in [-0.3, -0.25) is 0 Å². The maximum Gasteiger partial charge on any atom is 0.375 e. The summed E-state index contributed by atoms with van der Waals surface area (Å²) in [7, 11) is 0. The zero-order valence-electron chi connectivity index (χ0n) is 8.66. The van der Waals surface area contributed by atoms with Crippen LogP contribution in [0.3, 0.4) is 0 Å². The molecular weight excluding hydrogens is 182 g/mol. The van der Waals surface area contributed by atoms with Crippen LogP contribution in [0.1, 0.15) is 36.9 Å². The lowest BCUT2D eigenvalue weighted by atomic mass is 10.2. The molecule has 78 valence electrons. The first-order valence-corrected chi connectivity index (χ1v) is 4.44. The molecule has 0 aliphatic rings. The van der Waals surface area contributed by atoms with Crippen molar-refractivity contribution < 1.29 is 13.9 Å². The molecule has 4 heteroatoms. The number of nitrogens with two attached hydrogens (primary N) is 1. The van der Waals surface area contributed by atoms with Crippen LogP contribution in [0.4, 0.5) is 0 Å². The average molecular weight is 197 g/mol. The van der Waals surface area contributed by atoms with Gasteiger partial charge >= 0.3 is 5.97 Å². The Morgan fingerprint density at radius 2 is 2.21 bits per heavy atom. The Balaban J connectivity index is 2.80. The second kappa shape index (κ2) is 3.84. The van der Waals surface area contributed by atoms with Crippen LogP contribution >= 0.6 is 0 Å². The van der Waals surface area contributed by atoms with Crippen molar-refractivity contribution in [1.29, 1.82) is 0 Å². The van der Waals surface area contributed by atoms with Gasteiger partial charge in [0.15, 0.2) is 0 Å². The van der Waals surface area contributed by atoms with Crippen molar-refractivity contribution in [1.82, 2.24) is 0 Å². The molecule has 1 rings (SSSR count). The van der Waals surface area contributed by atoms with E-state index >= 15 is 0 Å². The molecule has 1 heterocycles. The minimum atomic E-state index is -0.518. The molecule has 0 radical (unpaired) electrons. The van der Waals surface area contributed by atoms with Crippen LogP contribution in [0, 0.1) is 0 Å². The Morgan fingerprint density at radius 1 is 1.57 bits per heavy atom. The number of carbonyl (C=O) groups excluding carboxylic acids is 1. The molecule has 1 aromatic rings. The third kappa shape index (κ3) is 2.60. The van der Waals surface area contributed by atoms with Gasteiger partial charge in [-0.25, -0.2) is 4.79 Å². The number of hydrogen-bond donors (Lipinski definition) is 1. The van der Waals surface area contributed by atoms with Gasteiger partial charge in [-0.05, 0) is 26.8 Å². The third-order valence-corrected chi connectivity index (χ3v) is 1.55. The highest BCUT2D eigenvalue weighted by Gasteiger charge is 2.22. The van der Waals surface area contributed by atoms with Gasteiger partial charge in [-0.1, -0.05) is 0 Å². The van der Waals surface area contributed by atoms with E-state index in [1.165, 1.54) is 6.26 Å². The highest BCUT2D eigenvalue weighted by molar-refractivity contribution is 5.88. The minimum Gasteiger partial charge on any atom is -0.457 e. The van der Waals surface area contributed by atoms with Crippen LogP contribution in [0.5, 0.6) is 0 Å². The fourth-order valence-corrected chi connectivity index (χ4v) is 1.000. The Bertz CT molecular complexity index is 322. The van der Waals surface area contributed by atoms with Crippen molar-refractivity contribution in [3.8, 4) is 0 Å². The van der Waals surface area contributed by atoms with Gasteiger partial charge in [-0.15, -0.1) is 0 Å². The van der Waals surface area contributed by atoms with Crippen LogP contribution < -0.4 is 5.73 Å². The quantitative estimate of drug-likeness (QED) is 0.733. The molecule has 1 aromatic heterocycles. The van der Waals surface area contributed by atoms with E-state index in [2.05, 4.69) is 0 Å². The topological polar surface area (TPSA) is 65.5 Å². The van der Waals surface area contributed by atoms with E-state index in [0.29, 0.717) is 5.56 Å². The van der Waals surface area contributed by atoms with Gasteiger partial charge < -0.3 is 14.9 Å². The molecule has 14 heavy (non-hydrogen) atoms. The number of carbonyl (C=O) groups is 1. The van der Waals surface area contributed by atoms with Gasteiger partial charge in [0.05, 0.1) is 6.26 Å². The molecule has 0 saturated heterocycles. The fourth-order valence-electron chi connectivity index (χ4n) is 1.000. The van der Waals surface area contributed by atoms with E-state index in [9.17, 15) is 4.79 Å². The Hall–Kier alpha value is -1.29. The van der Waals surface area contributed by atoms with Crippen LogP contribution in [-0.2, 0) is 11.3 Å². The molecule has 0 aliphatic carbocycles. The summed E-state index contributed by atoms with van der Waals surface area (Å²) < 4.78 is 10.1. The predicted octanol–water partition coefficient (Wildman–Crippen LogP) is 1.69. The first-order valence-electron chi connectivity index (χ1n) is 4.44. The first kappa shape index (κ1) is 10.8. The van der Waals surface area contributed by atoms with Crippen LogP contribution in [0.15, 0.2) is 16.7 Å². The molecule has 4 nitrogen and oxygen atoms in total. The zero-order chi connectivity index (χ0) is 10.8. The van der Waals surface area contributed by atoms with Gasteiger partial charge in [0.2, 0.25) is 5.76 Å². The highest BCUT2D eigenvalue weighted by atomic mass is 16.6. The number of ether oxygens (including phenoxy) is 1. The van der Waals surface area contributed by atoms with Crippen molar-refractivity contribution >= 4 is 5.97 Å². The zero-order valence-corrected chi connectivity index (χ0v) is 8.66. The molecule has 0 fully saturated rings. The molecule has 0 amide bonds. The normalized spacial score (nSPS) is 11.4. The molecule has 0 saturated carbocycles. The Kier molecular flexibility index (Phi) is 2.96. The van der Waals surface area contributed by atoms with Gasteiger partial charge in [-0.2, -0.15) is 0 Å². The van der Waals surface area contributed by atoms with E-state index in [-0.39, 0.29) is 12.3 Å². The van der Waals surface area contributed by atoms with Crippen LogP contribution in [0.2, 0.25) is 0 Å². The number of rotatable bonds is 2. The predicted molar refractivity (Wildman–Crippen MR) is 51.8 cm³/mol. The lowest BCUT2D eigenvalue weighted by molar-refractivity contribution is 0.00345. The highest BCUT2D eigenvalue weighted by Crippen LogP contribution is 2.15. The average Bonchev–Trinajstić information content (AvgIpc) is 2.47. The molecule has 0 aliphatic heterocycles. The second-order valence-electron chi connectivity index (χ2n) is 3.98. The molecule has 0 bridgehead atoms. The van der Waals surface area contributed by atoms with Crippen molar-refractivity contribution in [2.45, 2.75) is 32.9 Å². The summed E-state index contributed by atoms with van der Waals surface area (Å²) in [6.45, 7) is 5.67. The SMILES string of the molecule is CC(C)(C)OC(=O)c1occc1CN. The smallest absolute Gasteiger partial charge is 0.375 e. The molecule has 0 atom stereocenters. The van der Waals surface area contributed by atoms with Gasteiger partial charge in [0, 0.05) is 12.1 Å². The third-order valence-electron chi connectivity index (χ3n) is 1.55. The van der Waals surface area contributed by atoms with E-state index in [1.54, 1.807) is 26.8 Å². The maximum absolute atomic E-state index is 11.5. The lowest BCUT2D eigenvalue weighted by Crippen LogP contribution is -2.24. The van der Waals surface area contributed by atoms with Crippen molar-refractivity contribution in [2.24, 2.45) is 5.73 Å². The first-order chi connectivity index (χ1) is 6.44. The number of esters is 1. The summed E-state index contributed by atoms with van der Waals surface area (Å²) in [5, 5.41) is 0. The number of hydrogen-bond acceptors (Lipinski definition) is 4. The standard InChI is InChI=1S/C10H15NO3/c1-10(2,3)14-9(12)8-7(6-11)4-5-13-8/h4-5H,6,11H2,1-3H3. The van der Waals surface area contributed by atoms with E-state index < -0.39 is 11.6 Å². The summed E-state index contributed by atoms with van der Waals surface area (Å²) in [6.07, 6.45) is 1.43. The minimum absolute atomic E-state index is 0.197. The van der Waals surface area contributed by atoms with Crippen LogP contribution in [-0.4, -0.2) is 11.6 Å². The number of furan rings is 1. The van der Waals surface area contributed by atoms with Crippen molar-refractivity contribution in [3.05, 3.63) is 23.7 Å². The summed E-state index contributed by atoms with van der Waals surface area (Å²) in [4.78, 5) is 11.5. The van der Waals surface area contributed by atoms with E-state index in [0.717, 1.165) is 0 Å². The van der Waals surface area contributed by atoms with Gasteiger partial charge in [0.1, 0.15) is 5.60 Å². The van der Waals surface area contributed by atoms with E-state index in [4.69, 9.17) is 14.9 Å². The maximum atomic E-state index is 11.5.